The maximum absolute atomic E-state index is 11.7. The lowest BCUT2D eigenvalue weighted by Crippen LogP contribution is -2.50. The molecule has 0 aliphatic rings. The van der Waals surface area contributed by atoms with Crippen molar-refractivity contribution in [1.82, 2.24) is 5.32 Å². The van der Waals surface area contributed by atoms with Crippen LogP contribution < -0.4 is 16.8 Å². The van der Waals surface area contributed by atoms with E-state index in [1.807, 2.05) is 30.3 Å². The van der Waals surface area contributed by atoms with Crippen LogP contribution in [0.15, 0.2) is 30.3 Å². The minimum Gasteiger partial charge on any atom is -0.461 e. The molecule has 134 valence electrons. The summed E-state index contributed by atoms with van der Waals surface area (Å²) in [5, 5.41) is 2.45. The number of nitrogens with two attached hydrogens (primary N) is 2. The van der Waals surface area contributed by atoms with Gasteiger partial charge >= 0.3 is 5.97 Å². The average molecular weight is 358 g/mol. The molecule has 0 aliphatic heterocycles. The maximum atomic E-state index is 11.7. The molecule has 2 atom stereocenters. The van der Waals surface area contributed by atoms with Crippen LogP contribution in [0, 0.1) is 0 Å². The fraction of sp³-hybridized carbons (Fsp3) is 0.438. The second-order valence-corrected chi connectivity index (χ2v) is 5.16. The fourth-order valence-corrected chi connectivity index (χ4v) is 1.82. The first-order valence-electron chi connectivity index (χ1n) is 7.48. The number of esters is 1. The number of hydrogen-bond acceptors (Lipinski definition) is 5. The van der Waals surface area contributed by atoms with E-state index < -0.39 is 29.9 Å². The molecule has 0 aromatic heterocycles. The Labute approximate surface area is 147 Å². The van der Waals surface area contributed by atoms with E-state index in [4.69, 9.17) is 16.2 Å². The summed E-state index contributed by atoms with van der Waals surface area (Å²) in [6.07, 6.45) is 0.490. The molecule has 0 bridgehead atoms. The van der Waals surface area contributed by atoms with Gasteiger partial charge < -0.3 is 21.5 Å². The monoisotopic (exact) mass is 357 g/mol. The first kappa shape index (κ1) is 21.9. The summed E-state index contributed by atoms with van der Waals surface area (Å²) in [6.45, 7) is 1.92. The highest BCUT2D eigenvalue weighted by atomic mass is 35.5. The highest BCUT2D eigenvalue weighted by Gasteiger charge is 2.22. The SMILES string of the molecule is CCC(N)C(=O)N[C@@H](CCC(=O)OCc1ccccc1)C(N)=O.Cl. The molecule has 7 nitrogen and oxygen atoms in total. The first-order chi connectivity index (χ1) is 10.9. The third-order valence-corrected chi connectivity index (χ3v) is 3.32. The van der Waals surface area contributed by atoms with Gasteiger partial charge in [-0.2, -0.15) is 0 Å². The number of carbonyl (C=O) groups is 3. The summed E-state index contributed by atoms with van der Waals surface area (Å²) in [6, 6.07) is 7.59. The van der Waals surface area contributed by atoms with E-state index in [2.05, 4.69) is 5.32 Å². The van der Waals surface area contributed by atoms with Crippen molar-refractivity contribution in [3.05, 3.63) is 35.9 Å². The highest BCUT2D eigenvalue weighted by Crippen LogP contribution is 2.05. The molecule has 0 saturated heterocycles. The number of nitrogens with one attached hydrogen (secondary N) is 1. The Hall–Kier alpha value is -2.12. The molecule has 0 saturated carbocycles. The Morgan fingerprint density at radius 3 is 2.38 bits per heavy atom. The molecular formula is C16H24ClN3O4. The van der Waals surface area contributed by atoms with E-state index in [1.165, 1.54) is 0 Å². The summed E-state index contributed by atoms with van der Waals surface area (Å²) >= 11 is 0. The van der Waals surface area contributed by atoms with Gasteiger partial charge in [-0.3, -0.25) is 14.4 Å². The summed E-state index contributed by atoms with van der Waals surface area (Å²) in [5.41, 5.74) is 11.7. The van der Waals surface area contributed by atoms with Crippen molar-refractivity contribution in [3.63, 3.8) is 0 Å². The molecule has 0 fully saturated rings. The zero-order valence-corrected chi connectivity index (χ0v) is 14.4. The topological polar surface area (TPSA) is 125 Å². The van der Waals surface area contributed by atoms with Gasteiger partial charge in [-0.15, -0.1) is 12.4 Å². The van der Waals surface area contributed by atoms with Crippen LogP contribution in [0.1, 0.15) is 31.7 Å². The Balaban J connectivity index is 0.00000529. The molecule has 0 spiro atoms. The van der Waals surface area contributed by atoms with Crippen LogP contribution in [-0.2, 0) is 25.7 Å². The van der Waals surface area contributed by atoms with E-state index in [0.717, 1.165) is 5.56 Å². The molecule has 0 heterocycles. The van der Waals surface area contributed by atoms with Gasteiger partial charge in [0.2, 0.25) is 11.8 Å². The molecule has 1 rings (SSSR count). The highest BCUT2D eigenvalue weighted by molar-refractivity contribution is 5.89. The van der Waals surface area contributed by atoms with E-state index in [0.29, 0.717) is 6.42 Å². The Kier molecular flexibility index (Phi) is 10.4. The molecular weight excluding hydrogens is 334 g/mol. The Bertz CT molecular complexity index is 539. The van der Waals surface area contributed by atoms with Gasteiger partial charge in [0, 0.05) is 6.42 Å². The van der Waals surface area contributed by atoms with Crippen molar-refractivity contribution in [2.75, 3.05) is 0 Å². The smallest absolute Gasteiger partial charge is 0.306 e. The van der Waals surface area contributed by atoms with Crippen LogP contribution in [-0.4, -0.2) is 29.9 Å². The van der Waals surface area contributed by atoms with Gasteiger partial charge in [-0.25, -0.2) is 0 Å². The van der Waals surface area contributed by atoms with Crippen LogP contribution in [0.2, 0.25) is 0 Å². The van der Waals surface area contributed by atoms with Gasteiger partial charge in [-0.1, -0.05) is 37.3 Å². The standard InChI is InChI=1S/C16H23N3O4.ClH/c1-2-12(17)16(22)19-13(15(18)21)8-9-14(20)23-10-11-6-4-3-5-7-11;/h3-7,12-13H,2,8-10,17H2,1H3,(H2,18,21)(H,19,22);1H/t12?,13-;/m0./s1. The van der Waals surface area contributed by atoms with Gasteiger partial charge in [0.25, 0.3) is 0 Å². The number of benzene rings is 1. The predicted molar refractivity (Wildman–Crippen MR) is 92.1 cm³/mol. The number of carbonyl (C=O) groups excluding carboxylic acids is 3. The van der Waals surface area contributed by atoms with Crippen LogP contribution in [0.3, 0.4) is 0 Å². The van der Waals surface area contributed by atoms with Crippen molar-refractivity contribution < 1.29 is 19.1 Å². The third-order valence-electron chi connectivity index (χ3n) is 3.32. The molecule has 0 radical (unpaired) electrons. The molecule has 1 aromatic carbocycles. The lowest BCUT2D eigenvalue weighted by molar-refractivity contribution is -0.145. The van der Waals surface area contributed by atoms with Crippen molar-refractivity contribution >= 4 is 30.2 Å². The van der Waals surface area contributed by atoms with Crippen LogP contribution in [0.25, 0.3) is 0 Å². The number of ether oxygens (including phenoxy) is 1. The number of amides is 2. The minimum atomic E-state index is -0.940. The quantitative estimate of drug-likeness (QED) is 0.559. The van der Waals surface area contributed by atoms with Crippen molar-refractivity contribution in [2.24, 2.45) is 11.5 Å². The average Bonchev–Trinajstić information content (AvgIpc) is 2.56. The zero-order chi connectivity index (χ0) is 17.2. The first-order valence-corrected chi connectivity index (χ1v) is 7.48. The molecule has 5 N–H and O–H groups in total. The number of halogens is 1. The van der Waals surface area contributed by atoms with E-state index >= 15 is 0 Å². The summed E-state index contributed by atoms with van der Waals surface area (Å²) < 4.78 is 5.10. The predicted octanol–water partition coefficient (Wildman–Crippen LogP) is 0.639. The second-order valence-electron chi connectivity index (χ2n) is 5.16. The molecule has 8 heteroatoms. The normalized spacial score (nSPS) is 12.4. The fourth-order valence-electron chi connectivity index (χ4n) is 1.82. The third kappa shape index (κ3) is 7.94. The maximum Gasteiger partial charge on any atom is 0.306 e. The van der Waals surface area contributed by atoms with Gasteiger partial charge in [0.15, 0.2) is 0 Å². The Morgan fingerprint density at radius 2 is 1.83 bits per heavy atom. The van der Waals surface area contributed by atoms with Gasteiger partial charge in [0.1, 0.15) is 12.6 Å². The van der Waals surface area contributed by atoms with E-state index in [-0.39, 0.29) is 31.9 Å². The van der Waals surface area contributed by atoms with Gasteiger partial charge in [0.05, 0.1) is 6.04 Å². The molecule has 24 heavy (non-hydrogen) atoms. The summed E-state index contributed by atoms with van der Waals surface area (Å²) in [7, 11) is 0. The number of primary amides is 1. The second kappa shape index (κ2) is 11.4. The molecule has 0 aliphatic carbocycles. The van der Waals surface area contributed by atoms with Crippen molar-refractivity contribution in [2.45, 2.75) is 44.9 Å². The van der Waals surface area contributed by atoms with Crippen molar-refractivity contribution in [1.29, 1.82) is 0 Å². The van der Waals surface area contributed by atoms with Gasteiger partial charge in [-0.05, 0) is 18.4 Å². The lowest BCUT2D eigenvalue weighted by atomic mass is 10.1. The summed E-state index contributed by atoms with van der Waals surface area (Å²) in [5.74, 6) is -1.64. The number of rotatable bonds is 9. The minimum absolute atomic E-state index is 0. The molecule has 1 unspecified atom stereocenters. The van der Waals surface area contributed by atoms with E-state index in [9.17, 15) is 14.4 Å². The lowest BCUT2D eigenvalue weighted by Gasteiger charge is -2.17. The van der Waals surface area contributed by atoms with Crippen LogP contribution >= 0.6 is 12.4 Å². The van der Waals surface area contributed by atoms with E-state index in [1.54, 1.807) is 6.92 Å². The molecule has 1 aromatic rings. The molecule has 2 amide bonds. The van der Waals surface area contributed by atoms with Crippen molar-refractivity contribution in [3.8, 4) is 0 Å². The summed E-state index contributed by atoms with van der Waals surface area (Å²) in [4.78, 5) is 34.7. The number of hydrogen-bond donors (Lipinski definition) is 3. The van der Waals surface area contributed by atoms with Crippen LogP contribution in [0.5, 0.6) is 0 Å². The largest absolute Gasteiger partial charge is 0.461 e. The Morgan fingerprint density at radius 1 is 1.21 bits per heavy atom. The zero-order valence-electron chi connectivity index (χ0n) is 13.6. The van der Waals surface area contributed by atoms with Crippen LogP contribution in [0.4, 0.5) is 0 Å².